The maximum Gasteiger partial charge on any atom is 0.223 e. The van der Waals surface area contributed by atoms with Gasteiger partial charge in [0.2, 0.25) is 5.91 Å². The summed E-state index contributed by atoms with van der Waals surface area (Å²) in [5, 5.41) is 3.22. The number of nitrogens with one attached hydrogen (secondary N) is 1. The van der Waals surface area contributed by atoms with E-state index in [0.29, 0.717) is 6.61 Å². The van der Waals surface area contributed by atoms with Gasteiger partial charge in [-0.15, -0.1) is 0 Å². The molecule has 2 aliphatic heterocycles. The molecule has 1 atom stereocenters. The molecule has 20 heavy (non-hydrogen) atoms. The number of ether oxygens (including phenoxy) is 1. The van der Waals surface area contributed by atoms with Crippen LogP contribution >= 0.6 is 0 Å². The van der Waals surface area contributed by atoms with Crippen LogP contribution in [0.4, 0.5) is 0 Å². The first-order valence-electron chi connectivity index (χ1n) is 7.44. The van der Waals surface area contributed by atoms with E-state index >= 15 is 0 Å². The maximum absolute atomic E-state index is 12.4. The highest BCUT2D eigenvalue weighted by atomic mass is 16.5. The molecule has 1 saturated heterocycles. The minimum Gasteiger partial charge on any atom is -0.493 e. The fourth-order valence-electron chi connectivity index (χ4n) is 3.05. The number of hydrogen-bond acceptors (Lipinski definition) is 3. The summed E-state index contributed by atoms with van der Waals surface area (Å²) >= 11 is 0. The van der Waals surface area contributed by atoms with Crippen LogP contribution in [-0.4, -0.2) is 37.6 Å². The van der Waals surface area contributed by atoms with Crippen LogP contribution < -0.4 is 10.1 Å². The fourth-order valence-corrected chi connectivity index (χ4v) is 3.05. The monoisotopic (exact) mass is 274 g/mol. The predicted molar refractivity (Wildman–Crippen MR) is 77.7 cm³/mol. The van der Waals surface area contributed by atoms with E-state index < -0.39 is 0 Å². The smallest absolute Gasteiger partial charge is 0.223 e. The summed E-state index contributed by atoms with van der Waals surface area (Å²) < 4.78 is 5.64. The minimum atomic E-state index is 0.104. The molecule has 2 aliphatic rings. The van der Waals surface area contributed by atoms with Crippen molar-refractivity contribution in [2.24, 2.45) is 5.92 Å². The van der Waals surface area contributed by atoms with Crippen molar-refractivity contribution in [1.82, 2.24) is 10.2 Å². The van der Waals surface area contributed by atoms with Gasteiger partial charge in [-0.3, -0.25) is 4.79 Å². The second kappa shape index (κ2) is 5.83. The number of carbonyl (C=O) groups is 1. The first-order chi connectivity index (χ1) is 9.74. The van der Waals surface area contributed by atoms with Crippen molar-refractivity contribution < 1.29 is 9.53 Å². The lowest BCUT2D eigenvalue weighted by Gasteiger charge is -2.31. The molecule has 0 spiro atoms. The summed E-state index contributed by atoms with van der Waals surface area (Å²) in [5.41, 5.74) is 1.11. The number of benzene rings is 1. The van der Waals surface area contributed by atoms with Crippen molar-refractivity contribution in [3.8, 4) is 5.75 Å². The van der Waals surface area contributed by atoms with Gasteiger partial charge in [-0.1, -0.05) is 18.2 Å². The Kier molecular flexibility index (Phi) is 3.92. The molecule has 1 aromatic carbocycles. The summed E-state index contributed by atoms with van der Waals surface area (Å²) in [6, 6.07) is 8.10. The Morgan fingerprint density at radius 3 is 2.80 bits per heavy atom. The number of hydrogen-bond donors (Lipinski definition) is 1. The Morgan fingerprint density at radius 1 is 1.25 bits per heavy atom. The van der Waals surface area contributed by atoms with Gasteiger partial charge >= 0.3 is 0 Å². The van der Waals surface area contributed by atoms with Gasteiger partial charge in [-0.25, -0.2) is 0 Å². The van der Waals surface area contributed by atoms with Crippen LogP contribution in [0, 0.1) is 5.92 Å². The van der Waals surface area contributed by atoms with E-state index in [9.17, 15) is 4.79 Å². The lowest BCUT2D eigenvalue weighted by molar-refractivity contribution is -0.127. The van der Waals surface area contributed by atoms with Gasteiger partial charge in [0.05, 0.1) is 12.6 Å². The summed E-state index contributed by atoms with van der Waals surface area (Å²) in [6.45, 7) is 2.71. The maximum atomic E-state index is 12.4. The van der Waals surface area contributed by atoms with Crippen LogP contribution in [-0.2, 0) is 4.79 Å². The normalized spacial score (nSPS) is 23.8. The Bertz CT molecular complexity index is 481. The van der Waals surface area contributed by atoms with Gasteiger partial charge in [0.15, 0.2) is 0 Å². The van der Waals surface area contributed by atoms with Crippen molar-refractivity contribution in [2.45, 2.75) is 25.3 Å². The standard InChI is InChI=1S/C16H22N2O2/c1-18-9-6-12(7-10-18)16(19)17-14-8-11-20-15-5-3-2-4-13(14)15/h2-5,12,14H,6-11H2,1H3,(H,17,19). The van der Waals surface area contributed by atoms with Crippen molar-refractivity contribution >= 4 is 5.91 Å². The number of rotatable bonds is 2. The highest BCUT2D eigenvalue weighted by Gasteiger charge is 2.28. The van der Waals surface area contributed by atoms with Gasteiger partial charge in [0.1, 0.15) is 5.75 Å². The fraction of sp³-hybridized carbons (Fsp3) is 0.562. The van der Waals surface area contributed by atoms with E-state index in [1.807, 2.05) is 24.3 Å². The molecule has 0 aliphatic carbocycles. The Balaban J connectivity index is 1.65. The third-order valence-corrected chi connectivity index (χ3v) is 4.36. The zero-order valence-corrected chi connectivity index (χ0v) is 12.0. The molecule has 0 aromatic heterocycles. The molecule has 0 saturated carbocycles. The molecule has 0 bridgehead atoms. The molecule has 4 heteroatoms. The first kappa shape index (κ1) is 13.4. The molecule has 1 fully saturated rings. The van der Waals surface area contributed by atoms with E-state index in [1.165, 1.54) is 0 Å². The molecule has 1 unspecified atom stereocenters. The van der Waals surface area contributed by atoms with Crippen LogP contribution in [0.25, 0.3) is 0 Å². The Hall–Kier alpha value is -1.55. The van der Waals surface area contributed by atoms with Gasteiger partial charge in [-0.2, -0.15) is 0 Å². The number of likely N-dealkylation sites (tertiary alicyclic amines) is 1. The Morgan fingerprint density at radius 2 is 2.00 bits per heavy atom. The first-order valence-corrected chi connectivity index (χ1v) is 7.44. The molecule has 3 rings (SSSR count). The molecule has 4 nitrogen and oxygen atoms in total. The van der Waals surface area contributed by atoms with Gasteiger partial charge in [0, 0.05) is 17.9 Å². The topological polar surface area (TPSA) is 41.6 Å². The van der Waals surface area contributed by atoms with Crippen LogP contribution in [0.2, 0.25) is 0 Å². The highest BCUT2D eigenvalue weighted by molar-refractivity contribution is 5.79. The molecule has 108 valence electrons. The molecular formula is C16H22N2O2. The van der Waals surface area contributed by atoms with Gasteiger partial charge in [-0.05, 0) is 39.0 Å². The largest absolute Gasteiger partial charge is 0.493 e. The van der Waals surface area contributed by atoms with Gasteiger partial charge in [0.25, 0.3) is 0 Å². The van der Waals surface area contributed by atoms with Crippen LogP contribution in [0.3, 0.4) is 0 Å². The SMILES string of the molecule is CN1CCC(C(=O)NC2CCOc3ccccc32)CC1. The second-order valence-electron chi connectivity index (χ2n) is 5.81. The molecular weight excluding hydrogens is 252 g/mol. The quantitative estimate of drug-likeness (QED) is 0.896. The number of nitrogens with zero attached hydrogens (tertiary/aromatic N) is 1. The third-order valence-electron chi connectivity index (χ3n) is 4.36. The minimum absolute atomic E-state index is 0.104. The van der Waals surface area contributed by atoms with Crippen LogP contribution in [0.1, 0.15) is 30.9 Å². The van der Waals surface area contributed by atoms with Crippen molar-refractivity contribution in [3.63, 3.8) is 0 Å². The van der Waals surface area contributed by atoms with E-state index in [0.717, 1.165) is 43.7 Å². The molecule has 2 heterocycles. The van der Waals surface area contributed by atoms with E-state index in [2.05, 4.69) is 17.3 Å². The number of piperidine rings is 1. The van der Waals surface area contributed by atoms with E-state index in [-0.39, 0.29) is 17.9 Å². The van der Waals surface area contributed by atoms with Crippen molar-refractivity contribution in [2.75, 3.05) is 26.7 Å². The predicted octanol–water partition coefficient (Wildman–Crippen LogP) is 1.97. The van der Waals surface area contributed by atoms with Crippen molar-refractivity contribution in [3.05, 3.63) is 29.8 Å². The Labute approximate surface area is 120 Å². The molecule has 0 radical (unpaired) electrons. The molecule has 1 amide bonds. The average Bonchev–Trinajstić information content (AvgIpc) is 2.48. The number of fused-ring (bicyclic) bond motifs is 1. The number of carbonyl (C=O) groups excluding carboxylic acids is 1. The molecule has 1 N–H and O–H groups in total. The summed E-state index contributed by atoms with van der Waals surface area (Å²) in [6.07, 6.45) is 2.79. The number of amides is 1. The lowest BCUT2D eigenvalue weighted by Crippen LogP contribution is -2.41. The summed E-state index contributed by atoms with van der Waals surface area (Å²) in [7, 11) is 2.11. The van der Waals surface area contributed by atoms with E-state index in [1.54, 1.807) is 0 Å². The van der Waals surface area contributed by atoms with Gasteiger partial charge < -0.3 is 15.0 Å². The zero-order chi connectivity index (χ0) is 13.9. The van der Waals surface area contributed by atoms with E-state index in [4.69, 9.17) is 4.74 Å². The summed E-state index contributed by atoms with van der Waals surface area (Å²) in [5.74, 6) is 1.29. The number of para-hydroxylation sites is 1. The summed E-state index contributed by atoms with van der Waals surface area (Å²) in [4.78, 5) is 14.7. The molecule has 1 aromatic rings. The zero-order valence-electron chi connectivity index (χ0n) is 12.0. The van der Waals surface area contributed by atoms with Crippen LogP contribution in [0.5, 0.6) is 5.75 Å². The highest BCUT2D eigenvalue weighted by Crippen LogP contribution is 2.32. The second-order valence-corrected chi connectivity index (χ2v) is 5.81. The van der Waals surface area contributed by atoms with Crippen molar-refractivity contribution in [1.29, 1.82) is 0 Å². The lowest BCUT2D eigenvalue weighted by atomic mass is 9.94. The van der Waals surface area contributed by atoms with Crippen LogP contribution in [0.15, 0.2) is 24.3 Å². The average molecular weight is 274 g/mol. The third kappa shape index (κ3) is 2.80.